The van der Waals surface area contributed by atoms with Crippen LogP contribution in [-0.4, -0.2) is 27.5 Å². The minimum Gasteiger partial charge on any atom is -0.298 e. The summed E-state index contributed by atoms with van der Waals surface area (Å²) in [5.41, 5.74) is 1.35. The third-order valence-electron chi connectivity index (χ3n) is 4.30. The first-order valence-corrected chi connectivity index (χ1v) is 9.91. The number of aromatic nitrogens is 3. The minimum atomic E-state index is -0.156. The first-order valence-electron chi connectivity index (χ1n) is 8.30. The van der Waals surface area contributed by atoms with Crippen LogP contribution in [0.3, 0.4) is 0 Å². The number of hydrogen-bond donors (Lipinski definition) is 0. The molecule has 0 saturated carbocycles. The van der Waals surface area contributed by atoms with Crippen molar-refractivity contribution in [2.45, 2.75) is 13.0 Å². The quantitative estimate of drug-likeness (QED) is 0.481. The predicted octanol–water partition coefficient (Wildman–Crippen LogP) is 3.82. The Hall–Kier alpha value is -2.58. The van der Waals surface area contributed by atoms with Crippen LogP contribution in [0.5, 0.6) is 0 Å². The van der Waals surface area contributed by atoms with Crippen molar-refractivity contribution >= 4 is 59.4 Å². The highest BCUT2D eigenvalue weighted by atomic mass is 79.9. The Morgan fingerprint density at radius 3 is 2.85 bits per heavy atom. The first-order chi connectivity index (χ1) is 13.0. The van der Waals surface area contributed by atoms with Crippen LogP contribution in [0.15, 0.2) is 58.1 Å². The van der Waals surface area contributed by atoms with Gasteiger partial charge in [-0.15, -0.1) is 0 Å². The van der Waals surface area contributed by atoms with E-state index in [4.69, 9.17) is 0 Å². The van der Waals surface area contributed by atoms with E-state index >= 15 is 0 Å². The molecule has 2 heterocycles. The summed E-state index contributed by atoms with van der Waals surface area (Å²) in [6.45, 7) is 0.266. The zero-order valence-electron chi connectivity index (χ0n) is 14.4. The summed E-state index contributed by atoms with van der Waals surface area (Å²) in [7, 11) is 1.71. The SMILES string of the molecule is CN(C(=O)CCn1cnc2ccc(Br)cc2c1=O)c1nc2ccccc2s1. The molecule has 6 nitrogen and oxygen atoms in total. The normalized spacial score (nSPS) is 11.2. The molecular weight excluding hydrogens is 428 g/mol. The topological polar surface area (TPSA) is 68.1 Å². The van der Waals surface area contributed by atoms with E-state index in [-0.39, 0.29) is 24.4 Å². The number of rotatable bonds is 4. The lowest BCUT2D eigenvalue weighted by Crippen LogP contribution is -2.29. The van der Waals surface area contributed by atoms with Crippen molar-refractivity contribution in [1.82, 2.24) is 14.5 Å². The van der Waals surface area contributed by atoms with Crippen molar-refractivity contribution in [1.29, 1.82) is 0 Å². The van der Waals surface area contributed by atoms with E-state index in [0.29, 0.717) is 16.0 Å². The zero-order valence-corrected chi connectivity index (χ0v) is 16.8. The number of hydrogen-bond acceptors (Lipinski definition) is 5. The molecule has 0 saturated heterocycles. The van der Waals surface area contributed by atoms with Crippen LogP contribution in [0.2, 0.25) is 0 Å². The fourth-order valence-electron chi connectivity index (χ4n) is 2.78. The number of nitrogens with zero attached hydrogens (tertiary/aromatic N) is 4. The first kappa shape index (κ1) is 17.8. The number of carbonyl (C=O) groups is 1. The van der Waals surface area contributed by atoms with E-state index in [1.807, 2.05) is 30.3 Å². The van der Waals surface area contributed by atoms with Crippen LogP contribution in [0.4, 0.5) is 5.13 Å². The van der Waals surface area contributed by atoms with Gasteiger partial charge in [-0.05, 0) is 30.3 Å². The maximum atomic E-state index is 12.6. The van der Waals surface area contributed by atoms with Gasteiger partial charge in [0.15, 0.2) is 5.13 Å². The van der Waals surface area contributed by atoms with Crippen LogP contribution in [-0.2, 0) is 11.3 Å². The van der Waals surface area contributed by atoms with E-state index in [1.165, 1.54) is 22.2 Å². The van der Waals surface area contributed by atoms with Crippen LogP contribution in [0.25, 0.3) is 21.1 Å². The van der Waals surface area contributed by atoms with Gasteiger partial charge < -0.3 is 0 Å². The maximum Gasteiger partial charge on any atom is 0.261 e. The van der Waals surface area contributed by atoms with Crippen molar-refractivity contribution in [2.75, 3.05) is 11.9 Å². The van der Waals surface area contributed by atoms with E-state index in [9.17, 15) is 9.59 Å². The van der Waals surface area contributed by atoms with Gasteiger partial charge in [0.05, 0.1) is 27.4 Å². The van der Waals surface area contributed by atoms with Crippen LogP contribution in [0.1, 0.15) is 6.42 Å². The molecule has 4 aromatic rings. The minimum absolute atomic E-state index is 0.102. The average molecular weight is 443 g/mol. The molecule has 0 atom stereocenters. The Morgan fingerprint density at radius 1 is 1.22 bits per heavy atom. The molecule has 0 spiro atoms. The number of thiazole rings is 1. The molecule has 0 aliphatic heterocycles. The van der Waals surface area contributed by atoms with E-state index < -0.39 is 0 Å². The molecule has 27 heavy (non-hydrogen) atoms. The van der Waals surface area contributed by atoms with Gasteiger partial charge in [0.1, 0.15) is 0 Å². The average Bonchev–Trinajstić information content (AvgIpc) is 3.11. The zero-order chi connectivity index (χ0) is 19.0. The molecule has 0 bridgehead atoms. The van der Waals surface area contributed by atoms with Crippen molar-refractivity contribution < 1.29 is 4.79 Å². The molecule has 0 aliphatic carbocycles. The Balaban J connectivity index is 1.52. The molecule has 2 aromatic carbocycles. The smallest absolute Gasteiger partial charge is 0.261 e. The third kappa shape index (κ3) is 3.50. The Bertz CT molecular complexity index is 1180. The number of amides is 1. The van der Waals surface area contributed by atoms with E-state index in [1.54, 1.807) is 24.1 Å². The summed E-state index contributed by atoms with van der Waals surface area (Å²) in [6, 6.07) is 13.1. The van der Waals surface area contributed by atoms with E-state index in [0.717, 1.165) is 14.7 Å². The second kappa shape index (κ2) is 7.21. The Morgan fingerprint density at radius 2 is 2.04 bits per heavy atom. The lowest BCUT2D eigenvalue weighted by Gasteiger charge is -2.14. The molecule has 2 aromatic heterocycles. The van der Waals surface area contributed by atoms with Crippen LogP contribution < -0.4 is 10.5 Å². The van der Waals surface area contributed by atoms with Crippen molar-refractivity contribution in [3.05, 3.63) is 63.6 Å². The van der Waals surface area contributed by atoms with Gasteiger partial charge in [-0.25, -0.2) is 9.97 Å². The molecule has 0 aliphatic rings. The van der Waals surface area contributed by atoms with Gasteiger partial charge in [-0.1, -0.05) is 39.4 Å². The number of fused-ring (bicyclic) bond motifs is 2. The standard InChI is InChI=1S/C19H15BrN4O2S/c1-23(19-22-15-4-2-3-5-16(15)27-19)17(25)8-9-24-11-21-14-7-6-12(20)10-13(14)18(24)26/h2-7,10-11H,8-9H2,1H3. The molecule has 0 radical (unpaired) electrons. The number of anilines is 1. The highest BCUT2D eigenvalue weighted by Crippen LogP contribution is 2.28. The molecule has 0 N–H and O–H groups in total. The van der Waals surface area contributed by atoms with Crippen molar-refractivity contribution in [3.8, 4) is 0 Å². The number of para-hydroxylation sites is 1. The van der Waals surface area contributed by atoms with Gasteiger partial charge in [0, 0.05) is 24.5 Å². The Labute approximate surface area is 167 Å². The summed E-state index contributed by atoms with van der Waals surface area (Å²) in [5.74, 6) is -0.102. The second-order valence-corrected chi connectivity index (χ2v) is 8.00. The molecule has 8 heteroatoms. The summed E-state index contributed by atoms with van der Waals surface area (Å²) in [5, 5.41) is 1.17. The largest absolute Gasteiger partial charge is 0.298 e. The number of carbonyl (C=O) groups excluding carboxylic acids is 1. The maximum absolute atomic E-state index is 12.6. The van der Waals surface area contributed by atoms with E-state index in [2.05, 4.69) is 25.9 Å². The third-order valence-corrected chi connectivity index (χ3v) is 5.90. The van der Waals surface area contributed by atoms with Gasteiger partial charge in [0.25, 0.3) is 5.56 Å². The number of aryl methyl sites for hydroxylation is 1. The molecule has 1 amide bonds. The molecule has 0 unspecified atom stereocenters. The van der Waals surface area contributed by atoms with Crippen molar-refractivity contribution in [2.24, 2.45) is 0 Å². The van der Waals surface area contributed by atoms with Gasteiger partial charge >= 0.3 is 0 Å². The highest BCUT2D eigenvalue weighted by Gasteiger charge is 2.16. The summed E-state index contributed by atoms with van der Waals surface area (Å²) in [6.07, 6.45) is 1.68. The van der Waals surface area contributed by atoms with Gasteiger partial charge in [-0.3, -0.25) is 19.1 Å². The fourth-order valence-corrected chi connectivity index (χ4v) is 4.09. The highest BCUT2D eigenvalue weighted by molar-refractivity contribution is 9.10. The van der Waals surface area contributed by atoms with Gasteiger partial charge in [0.2, 0.25) is 5.91 Å². The molecule has 0 fully saturated rings. The lowest BCUT2D eigenvalue weighted by atomic mass is 10.2. The van der Waals surface area contributed by atoms with Crippen LogP contribution >= 0.6 is 27.3 Å². The molecular formula is C19H15BrN4O2S. The van der Waals surface area contributed by atoms with Crippen molar-refractivity contribution in [3.63, 3.8) is 0 Å². The summed E-state index contributed by atoms with van der Waals surface area (Å²) in [4.78, 5) is 35.5. The lowest BCUT2D eigenvalue weighted by molar-refractivity contribution is -0.118. The fraction of sp³-hybridized carbons (Fsp3) is 0.158. The number of halogens is 1. The molecule has 136 valence electrons. The van der Waals surface area contributed by atoms with Gasteiger partial charge in [-0.2, -0.15) is 0 Å². The monoisotopic (exact) mass is 442 g/mol. The molecule has 4 rings (SSSR count). The second-order valence-electron chi connectivity index (χ2n) is 6.07. The number of benzene rings is 2. The summed E-state index contributed by atoms with van der Waals surface area (Å²) < 4.78 is 3.32. The Kier molecular flexibility index (Phi) is 4.75. The van der Waals surface area contributed by atoms with Crippen LogP contribution in [0, 0.1) is 0 Å². The summed E-state index contributed by atoms with van der Waals surface area (Å²) >= 11 is 4.84. The predicted molar refractivity (Wildman–Crippen MR) is 111 cm³/mol.